The number of carbonyl (C=O) groups excluding carboxylic acids is 1. The van der Waals surface area contributed by atoms with E-state index < -0.39 is 5.82 Å². The zero-order valence-corrected chi connectivity index (χ0v) is 11.9. The Kier molecular flexibility index (Phi) is 4.02. The summed E-state index contributed by atoms with van der Waals surface area (Å²) in [6.07, 6.45) is -0.0105. The van der Waals surface area contributed by atoms with E-state index in [2.05, 4.69) is 15.9 Å². The van der Waals surface area contributed by atoms with E-state index in [-0.39, 0.29) is 23.6 Å². The van der Waals surface area contributed by atoms with Crippen molar-refractivity contribution in [2.45, 2.75) is 26.0 Å². The van der Waals surface area contributed by atoms with E-state index in [9.17, 15) is 9.18 Å². The van der Waals surface area contributed by atoms with Crippen molar-refractivity contribution >= 4 is 21.8 Å². The molecule has 1 aliphatic rings. The summed E-state index contributed by atoms with van der Waals surface area (Å²) < 4.78 is 19.9. The molecular formula is C13H15BrFNO2. The van der Waals surface area contributed by atoms with Gasteiger partial charge in [-0.3, -0.25) is 4.79 Å². The average Bonchev–Trinajstić information content (AvgIpc) is 2.31. The topological polar surface area (TPSA) is 29.5 Å². The molecule has 0 aliphatic carbocycles. The van der Waals surface area contributed by atoms with Gasteiger partial charge in [-0.1, -0.05) is 15.9 Å². The number of hydrogen-bond acceptors (Lipinski definition) is 2. The van der Waals surface area contributed by atoms with Gasteiger partial charge in [0.05, 0.1) is 24.3 Å². The summed E-state index contributed by atoms with van der Waals surface area (Å²) in [5.74, 6) is -0.775. The smallest absolute Gasteiger partial charge is 0.257 e. The first-order valence-electron chi connectivity index (χ1n) is 5.86. The molecule has 1 heterocycles. The lowest BCUT2D eigenvalue weighted by atomic mass is 10.1. The Morgan fingerprint density at radius 3 is 2.89 bits per heavy atom. The minimum Gasteiger partial charge on any atom is -0.375 e. The second kappa shape index (κ2) is 5.36. The summed E-state index contributed by atoms with van der Waals surface area (Å²) in [6.45, 7) is 4.80. The third-order valence-corrected chi connectivity index (χ3v) is 3.52. The fraction of sp³-hybridized carbons (Fsp3) is 0.462. The van der Waals surface area contributed by atoms with Gasteiger partial charge in [0, 0.05) is 11.0 Å². The molecule has 0 N–H and O–H groups in total. The highest BCUT2D eigenvalue weighted by molar-refractivity contribution is 9.10. The van der Waals surface area contributed by atoms with E-state index in [0.29, 0.717) is 17.6 Å². The fourth-order valence-electron chi connectivity index (χ4n) is 2.00. The van der Waals surface area contributed by atoms with E-state index in [1.165, 1.54) is 12.1 Å². The van der Waals surface area contributed by atoms with Gasteiger partial charge in [-0.25, -0.2) is 4.39 Å². The fourth-order valence-corrected chi connectivity index (χ4v) is 2.34. The van der Waals surface area contributed by atoms with Crippen molar-refractivity contribution in [1.82, 2.24) is 4.90 Å². The van der Waals surface area contributed by atoms with Gasteiger partial charge < -0.3 is 9.64 Å². The first-order valence-corrected chi connectivity index (χ1v) is 6.66. The van der Waals surface area contributed by atoms with Crippen LogP contribution in [-0.2, 0) is 4.74 Å². The van der Waals surface area contributed by atoms with Gasteiger partial charge >= 0.3 is 0 Å². The highest BCUT2D eigenvalue weighted by atomic mass is 79.9. The molecule has 3 nitrogen and oxygen atoms in total. The van der Waals surface area contributed by atoms with E-state index in [4.69, 9.17) is 4.74 Å². The number of benzene rings is 1. The quantitative estimate of drug-likeness (QED) is 0.797. The summed E-state index contributed by atoms with van der Waals surface area (Å²) in [5, 5.41) is 0. The number of amides is 1. The van der Waals surface area contributed by atoms with Crippen LogP contribution in [0, 0.1) is 5.82 Å². The van der Waals surface area contributed by atoms with Gasteiger partial charge in [-0.15, -0.1) is 0 Å². The van der Waals surface area contributed by atoms with Crippen LogP contribution in [0.2, 0.25) is 0 Å². The van der Waals surface area contributed by atoms with Crippen molar-refractivity contribution in [3.8, 4) is 0 Å². The molecule has 1 aromatic rings. The van der Waals surface area contributed by atoms with Crippen LogP contribution >= 0.6 is 15.9 Å². The van der Waals surface area contributed by atoms with Crippen LogP contribution in [0.5, 0.6) is 0 Å². The number of morpholine rings is 1. The van der Waals surface area contributed by atoms with Crippen LogP contribution in [0.15, 0.2) is 22.7 Å². The number of carbonyl (C=O) groups is 1. The number of hydrogen-bond donors (Lipinski definition) is 0. The molecular weight excluding hydrogens is 301 g/mol. The maximum absolute atomic E-state index is 13.8. The van der Waals surface area contributed by atoms with E-state index in [1.807, 2.05) is 13.8 Å². The molecule has 2 rings (SSSR count). The summed E-state index contributed by atoms with van der Waals surface area (Å²) in [6, 6.07) is 4.46. The van der Waals surface area contributed by atoms with Gasteiger partial charge in [-0.05, 0) is 32.0 Å². The number of ether oxygens (including phenoxy) is 1. The zero-order chi connectivity index (χ0) is 13.3. The third kappa shape index (κ3) is 2.72. The lowest BCUT2D eigenvalue weighted by Crippen LogP contribution is -2.50. The highest BCUT2D eigenvalue weighted by Gasteiger charge is 2.29. The van der Waals surface area contributed by atoms with Crippen LogP contribution in [0.4, 0.5) is 4.39 Å². The molecule has 1 fully saturated rings. The Bertz CT molecular complexity index is 466. The van der Waals surface area contributed by atoms with Gasteiger partial charge in [0.25, 0.3) is 5.91 Å². The van der Waals surface area contributed by atoms with Crippen LogP contribution < -0.4 is 0 Å². The second-order valence-electron chi connectivity index (χ2n) is 4.57. The van der Waals surface area contributed by atoms with Gasteiger partial charge in [0.15, 0.2) is 0 Å². The Hall–Kier alpha value is -0.940. The van der Waals surface area contributed by atoms with Crippen LogP contribution in [0.3, 0.4) is 0 Å². The molecule has 0 bridgehead atoms. The molecule has 1 saturated heterocycles. The van der Waals surface area contributed by atoms with Gasteiger partial charge in [0.1, 0.15) is 5.82 Å². The standard InChI is InChI=1S/C13H15BrFNO2/c1-8-7-18-9(2)6-16(8)13(17)11-4-3-10(14)5-12(11)15/h3-5,8-9H,6-7H2,1-2H3. The number of halogens is 2. The van der Waals surface area contributed by atoms with E-state index in [0.717, 1.165) is 0 Å². The highest BCUT2D eigenvalue weighted by Crippen LogP contribution is 2.20. The molecule has 98 valence electrons. The Morgan fingerprint density at radius 1 is 1.50 bits per heavy atom. The largest absolute Gasteiger partial charge is 0.375 e. The Labute approximate surface area is 114 Å². The van der Waals surface area contributed by atoms with Crippen LogP contribution in [0.1, 0.15) is 24.2 Å². The maximum atomic E-state index is 13.8. The lowest BCUT2D eigenvalue weighted by molar-refractivity contribution is -0.0388. The summed E-state index contributed by atoms with van der Waals surface area (Å²) in [5.41, 5.74) is 0.110. The average molecular weight is 316 g/mol. The van der Waals surface area contributed by atoms with Crippen molar-refractivity contribution in [3.63, 3.8) is 0 Å². The molecule has 0 radical (unpaired) electrons. The van der Waals surface area contributed by atoms with E-state index in [1.54, 1.807) is 11.0 Å². The summed E-state index contributed by atoms with van der Waals surface area (Å²) in [4.78, 5) is 14.0. The molecule has 5 heteroatoms. The van der Waals surface area contributed by atoms with Crippen molar-refractivity contribution in [1.29, 1.82) is 0 Å². The SMILES string of the molecule is CC1CN(C(=O)c2ccc(Br)cc2F)C(C)CO1. The van der Waals surface area contributed by atoms with Crippen LogP contribution in [0.25, 0.3) is 0 Å². The van der Waals surface area contributed by atoms with Crippen molar-refractivity contribution in [2.75, 3.05) is 13.2 Å². The number of rotatable bonds is 1. The van der Waals surface area contributed by atoms with Gasteiger partial charge in [-0.2, -0.15) is 0 Å². The van der Waals surface area contributed by atoms with Crippen LogP contribution in [-0.4, -0.2) is 36.1 Å². The second-order valence-corrected chi connectivity index (χ2v) is 5.49. The number of nitrogens with zero attached hydrogens (tertiary/aromatic N) is 1. The molecule has 2 unspecified atom stereocenters. The third-order valence-electron chi connectivity index (χ3n) is 3.03. The molecule has 2 atom stereocenters. The maximum Gasteiger partial charge on any atom is 0.257 e. The minimum atomic E-state index is -0.499. The van der Waals surface area contributed by atoms with Gasteiger partial charge in [0.2, 0.25) is 0 Å². The summed E-state index contributed by atoms with van der Waals surface area (Å²) in [7, 11) is 0. The monoisotopic (exact) mass is 315 g/mol. The van der Waals surface area contributed by atoms with Crippen molar-refractivity contribution < 1.29 is 13.9 Å². The molecule has 0 saturated carbocycles. The first kappa shape index (κ1) is 13.5. The van der Waals surface area contributed by atoms with E-state index >= 15 is 0 Å². The Balaban J connectivity index is 2.24. The molecule has 1 amide bonds. The predicted molar refractivity (Wildman–Crippen MR) is 70.0 cm³/mol. The normalized spacial score (nSPS) is 24.1. The summed E-state index contributed by atoms with van der Waals surface area (Å²) >= 11 is 3.18. The minimum absolute atomic E-state index is 0.0105. The predicted octanol–water partition coefficient (Wildman–Crippen LogP) is 2.84. The van der Waals surface area contributed by atoms with Crippen molar-refractivity contribution in [2.24, 2.45) is 0 Å². The zero-order valence-electron chi connectivity index (χ0n) is 10.3. The Morgan fingerprint density at radius 2 is 2.22 bits per heavy atom. The molecule has 0 aromatic heterocycles. The molecule has 0 spiro atoms. The molecule has 1 aliphatic heterocycles. The lowest BCUT2D eigenvalue weighted by Gasteiger charge is -2.36. The van der Waals surface area contributed by atoms with Crippen molar-refractivity contribution in [3.05, 3.63) is 34.1 Å². The molecule has 1 aromatic carbocycles. The first-order chi connectivity index (χ1) is 8.49. The molecule has 18 heavy (non-hydrogen) atoms.